The van der Waals surface area contributed by atoms with Crippen LogP contribution in [0.2, 0.25) is 0 Å². The zero-order chi connectivity index (χ0) is 14.0. The molecule has 1 aliphatic heterocycles. The van der Waals surface area contributed by atoms with Crippen LogP contribution in [0.4, 0.5) is 0 Å². The fourth-order valence-electron chi connectivity index (χ4n) is 1.80. The molecule has 1 saturated heterocycles. The van der Waals surface area contributed by atoms with Crippen LogP contribution in [-0.4, -0.2) is 39.6 Å². The van der Waals surface area contributed by atoms with E-state index in [0.717, 1.165) is 0 Å². The lowest BCUT2D eigenvalue weighted by Gasteiger charge is -2.22. The zero-order valence-electron chi connectivity index (χ0n) is 11.4. The van der Waals surface area contributed by atoms with Crippen LogP contribution in [0.25, 0.3) is 0 Å². The Labute approximate surface area is 111 Å². The molecule has 0 spiro atoms. The van der Waals surface area contributed by atoms with Gasteiger partial charge in [-0.25, -0.2) is 4.98 Å². The van der Waals surface area contributed by atoms with Gasteiger partial charge in [-0.05, 0) is 6.42 Å². The van der Waals surface area contributed by atoms with Crippen molar-refractivity contribution in [3.63, 3.8) is 0 Å². The normalized spacial score (nSPS) is 19.9. The van der Waals surface area contributed by atoms with Crippen LogP contribution in [0.1, 0.15) is 50.1 Å². The van der Waals surface area contributed by atoms with Crippen molar-refractivity contribution >= 4 is 11.8 Å². The predicted octanol–water partition coefficient (Wildman–Crippen LogP) is 0.111. The molecular formula is C12H19N5O2. The number of carbonyl (C=O) groups excluding carboxylic acids is 2. The molecule has 2 heterocycles. The van der Waals surface area contributed by atoms with Crippen LogP contribution >= 0.6 is 0 Å². The number of carbonyl (C=O) groups is 2. The van der Waals surface area contributed by atoms with Crippen LogP contribution in [-0.2, 0) is 10.2 Å². The Bertz CT molecular complexity index is 479. The SMILES string of the molecule is CC(C)(C)c1nc(C(=O)NC2CCC(=O)NC2)n[nH]1. The summed E-state index contributed by atoms with van der Waals surface area (Å²) in [4.78, 5) is 27.2. The van der Waals surface area contributed by atoms with Crippen molar-refractivity contribution in [1.29, 1.82) is 0 Å². The average Bonchev–Trinajstić information content (AvgIpc) is 2.81. The Morgan fingerprint density at radius 3 is 2.68 bits per heavy atom. The summed E-state index contributed by atoms with van der Waals surface area (Å²) in [5, 5.41) is 12.2. The molecule has 1 fully saturated rings. The quantitative estimate of drug-likeness (QED) is 0.706. The van der Waals surface area contributed by atoms with E-state index in [9.17, 15) is 9.59 Å². The summed E-state index contributed by atoms with van der Waals surface area (Å²) in [5.41, 5.74) is -0.176. The molecule has 0 aliphatic carbocycles. The maximum atomic E-state index is 12.0. The molecule has 2 amide bonds. The van der Waals surface area contributed by atoms with Gasteiger partial charge < -0.3 is 10.6 Å². The number of hydrogen-bond donors (Lipinski definition) is 3. The van der Waals surface area contributed by atoms with Gasteiger partial charge in [-0.15, -0.1) is 5.10 Å². The Kier molecular flexibility index (Phi) is 3.55. The van der Waals surface area contributed by atoms with Gasteiger partial charge in [0.05, 0.1) is 0 Å². The largest absolute Gasteiger partial charge is 0.354 e. The summed E-state index contributed by atoms with van der Waals surface area (Å²) in [6.07, 6.45) is 1.08. The van der Waals surface area contributed by atoms with Crippen molar-refractivity contribution in [1.82, 2.24) is 25.8 Å². The molecule has 1 aliphatic rings. The molecule has 19 heavy (non-hydrogen) atoms. The van der Waals surface area contributed by atoms with E-state index < -0.39 is 0 Å². The van der Waals surface area contributed by atoms with Crippen molar-refractivity contribution in [2.75, 3.05) is 6.54 Å². The standard InChI is InChI=1S/C12H19N5O2/c1-12(2,3)11-15-9(16-17-11)10(19)14-7-4-5-8(18)13-6-7/h7H,4-6H2,1-3H3,(H,13,18)(H,14,19)(H,15,16,17). The maximum absolute atomic E-state index is 12.0. The third-order valence-corrected chi connectivity index (χ3v) is 3.00. The number of H-pyrrole nitrogens is 1. The molecule has 0 aromatic carbocycles. The highest BCUT2D eigenvalue weighted by Crippen LogP contribution is 2.17. The van der Waals surface area contributed by atoms with E-state index in [0.29, 0.717) is 25.2 Å². The topological polar surface area (TPSA) is 99.8 Å². The van der Waals surface area contributed by atoms with Gasteiger partial charge in [-0.2, -0.15) is 0 Å². The van der Waals surface area contributed by atoms with E-state index in [-0.39, 0.29) is 29.1 Å². The lowest BCUT2D eigenvalue weighted by atomic mass is 9.96. The van der Waals surface area contributed by atoms with E-state index in [2.05, 4.69) is 25.8 Å². The minimum atomic E-state index is -0.312. The number of nitrogens with zero attached hydrogens (tertiary/aromatic N) is 2. The van der Waals surface area contributed by atoms with Crippen molar-refractivity contribution in [3.8, 4) is 0 Å². The summed E-state index contributed by atoms with van der Waals surface area (Å²) < 4.78 is 0. The first-order valence-corrected chi connectivity index (χ1v) is 6.36. The number of amides is 2. The minimum absolute atomic E-state index is 0.0263. The molecule has 1 atom stereocenters. The first-order chi connectivity index (χ1) is 8.86. The molecule has 1 aromatic heterocycles. The number of rotatable bonds is 2. The average molecular weight is 265 g/mol. The van der Waals surface area contributed by atoms with Crippen LogP contribution in [0.5, 0.6) is 0 Å². The molecule has 3 N–H and O–H groups in total. The van der Waals surface area contributed by atoms with Gasteiger partial charge >= 0.3 is 0 Å². The second-order valence-corrected chi connectivity index (χ2v) is 5.77. The first-order valence-electron chi connectivity index (χ1n) is 6.36. The molecular weight excluding hydrogens is 246 g/mol. The highest BCUT2D eigenvalue weighted by molar-refractivity contribution is 5.90. The van der Waals surface area contributed by atoms with Crippen LogP contribution in [0.3, 0.4) is 0 Å². The third kappa shape index (κ3) is 3.30. The Balaban J connectivity index is 1.96. The summed E-state index contributed by atoms with van der Waals surface area (Å²) in [7, 11) is 0. The number of hydrogen-bond acceptors (Lipinski definition) is 4. The second-order valence-electron chi connectivity index (χ2n) is 5.77. The Hall–Kier alpha value is -1.92. The Morgan fingerprint density at radius 1 is 1.42 bits per heavy atom. The lowest BCUT2D eigenvalue weighted by molar-refractivity contribution is -0.122. The van der Waals surface area contributed by atoms with Crippen LogP contribution in [0, 0.1) is 0 Å². The van der Waals surface area contributed by atoms with Crippen LogP contribution < -0.4 is 10.6 Å². The van der Waals surface area contributed by atoms with Gasteiger partial charge in [0.2, 0.25) is 11.7 Å². The number of aromatic amines is 1. The van der Waals surface area contributed by atoms with Gasteiger partial charge in [-0.3, -0.25) is 14.7 Å². The van der Waals surface area contributed by atoms with Crippen molar-refractivity contribution in [2.45, 2.75) is 45.1 Å². The summed E-state index contributed by atoms with van der Waals surface area (Å²) >= 11 is 0. The molecule has 2 rings (SSSR count). The number of piperidine rings is 1. The monoisotopic (exact) mass is 265 g/mol. The lowest BCUT2D eigenvalue weighted by Crippen LogP contribution is -2.47. The van der Waals surface area contributed by atoms with Crippen molar-refractivity contribution in [2.24, 2.45) is 0 Å². The highest BCUT2D eigenvalue weighted by atomic mass is 16.2. The summed E-state index contributed by atoms with van der Waals surface area (Å²) in [6.45, 7) is 6.44. The second kappa shape index (κ2) is 4.99. The molecule has 0 radical (unpaired) electrons. The molecule has 0 saturated carbocycles. The molecule has 1 unspecified atom stereocenters. The number of aromatic nitrogens is 3. The minimum Gasteiger partial charge on any atom is -0.354 e. The predicted molar refractivity (Wildman–Crippen MR) is 68.6 cm³/mol. The molecule has 0 bridgehead atoms. The first kappa shape index (κ1) is 13.5. The van der Waals surface area contributed by atoms with Crippen molar-refractivity contribution < 1.29 is 9.59 Å². The fraction of sp³-hybridized carbons (Fsp3) is 0.667. The van der Waals surface area contributed by atoms with E-state index in [4.69, 9.17) is 0 Å². The van der Waals surface area contributed by atoms with E-state index in [1.54, 1.807) is 0 Å². The molecule has 7 heteroatoms. The fourth-order valence-corrected chi connectivity index (χ4v) is 1.80. The van der Waals surface area contributed by atoms with Gasteiger partial charge in [0.15, 0.2) is 0 Å². The Morgan fingerprint density at radius 2 is 2.16 bits per heavy atom. The van der Waals surface area contributed by atoms with Crippen molar-refractivity contribution in [3.05, 3.63) is 11.6 Å². The van der Waals surface area contributed by atoms with Crippen LogP contribution in [0.15, 0.2) is 0 Å². The molecule has 104 valence electrons. The van der Waals surface area contributed by atoms with E-state index in [1.165, 1.54) is 0 Å². The zero-order valence-corrected chi connectivity index (χ0v) is 11.4. The summed E-state index contributed by atoms with van der Waals surface area (Å²) in [5.74, 6) is 0.530. The van der Waals surface area contributed by atoms with Gasteiger partial charge in [0.25, 0.3) is 5.91 Å². The molecule has 1 aromatic rings. The van der Waals surface area contributed by atoms with Gasteiger partial charge in [-0.1, -0.05) is 20.8 Å². The van der Waals surface area contributed by atoms with Gasteiger partial charge in [0, 0.05) is 24.4 Å². The highest BCUT2D eigenvalue weighted by Gasteiger charge is 2.24. The van der Waals surface area contributed by atoms with Gasteiger partial charge in [0.1, 0.15) is 5.82 Å². The summed E-state index contributed by atoms with van der Waals surface area (Å²) in [6, 6.07) is -0.0539. The number of nitrogens with one attached hydrogen (secondary N) is 3. The third-order valence-electron chi connectivity index (χ3n) is 3.00. The molecule has 7 nitrogen and oxygen atoms in total. The maximum Gasteiger partial charge on any atom is 0.291 e. The van der Waals surface area contributed by atoms with E-state index >= 15 is 0 Å². The van der Waals surface area contributed by atoms with E-state index in [1.807, 2.05) is 20.8 Å². The smallest absolute Gasteiger partial charge is 0.291 e.